The summed E-state index contributed by atoms with van der Waals surface area (Å²) in [5.41, 5.74) is 6.30. The average Bonchev–Trinajstić information content (AvgIpc) is 3.07. The minimum atomic E-state index is -4.03. The first-order valence-electron chi connectivity index (χ1n) is 16.5. The third-order valence-electron chi connectivity index (χ3n) is 8.59. The number of unbranched alkanes of at least 4 members (excludes halogenated alkanes) is 1. The Kier molecular flexibility index (Phi) is 17.9. The van der Waals surface area contributed by atoms with Crippen LogP contribution in [0.4, 0.5) is 0 Å². The Morgan fingerprint density at radius 3 is 1.83 bits per heavy atom. The van der Waals surface area contributed by atoms with Crippen molar-refractivity contribution in [1.29, 1.82) is 0 Å². The van der Waals surface area contributed by atoms with Crippen LogP contribution >= 0.6 is 9.69 Å². The topological polar surface area (TPSA) is 60.3 Å². The quantitative estimate of drug-likeness (QED) is 0.0953. The molecule has 2 unspecified atom stereocenters. The Morgan fingerprint density at radius 2 is 1.34 bits per heavy atom. The van der Waals surface area contributed by atoms with Gasteiger partial charge in [-0.25, -0.2) is 8.42 Å². The van der Waals surface area contributed by atoms with E-state index in [1.807, 2.05) is 65.8 Å². The zero-order chi connectivity index (χ0) is 33.7. The van der Waals surface area contributed by atoms with Gasteiger partial charge in [-0.05, 0) is 78.7 Å². The standard InChI is InChI=1S/C39H51N2O2S.CH3.ClH.Ru/c1-28(2)34-26-35(29(3)4)39(36(27-34)30(5)6)44(42,43)41-38(33-23-14-9-15-24-33)37(32-21-12-8-13-22-32)40-25-17-16-20-31-18-10-7-11-19-31;;;/h7-10,12-15,18,21-24,26-30,37-38,40H,11,16-17,19-20,25H2,1-6H3;1H3;1H;/q2*-1;;+4/p-1. The van der Waals surface area contributed by atoms with E-state index < -0.39 is 16.1 Å². The molecule has 0 spiro atoms. The van der Waals surface area contributed by atoms with Crippen molar-refractivity contribution in [2.45, 2.75) is 108 Å². The van der Waals surface area contributed by atoms with E-state index in [1.54, 1.807) is 0 Å². The summed E-state index contributed by atoms with van der Waals surface area (Å²) in [5.74, 6) is 0.381. The first kappa shape index (κ1) is 41.1. The van der Waals surface area contributed by atoms with Crippen molar-refractivity contribution in [2.75, 3.05) is 6.54 Å². The maximum absolute atomic E-state index is 14.6. The number of rotatable bonds is 15. The van der Waals surface area contributed by atoms with Crippen LogP contribution in [0.1, 0.15) is 131 Å². The number of nitrogens with zero attached hydrogens (tertiary/aromatic N) is 1. The Morgan fingerprint density at radius 1 is 0.787 bits per heavy atom. The summed E-state index contributed by atoms with van der Waals surface area (Å²) in [7, 11) is 0.536. The molecule has 1 N–H and O–H groups in total. The second-order valence-electron chi connectivity index (χ2n) is 13.0. The van der Waals surface area contributed by atoms with Crippen molar-refractivity contribution < 1.29 is 25.7 Å². The van der Waals surface area contributed by atoms with E-state index in [0.717, 1.165) is 60.9 Å². The van der Waals surface area contributed by atoms with Crippen LogP contribution in [0.2, 0.25) is 0 Å². The molecule has 7 heteroatoms. The molecule has 3 aromatic rings. The summed E-state index contributed by atoms with van der Waals surface area (Å²) in [6.45, 7) is 13.4. The molecule has 0 heterocycles. The van der Waals surface area contributed by atoms with Crippen LogP contribution in [-0.4, -0.2) is 15.0 Å². The molecule has 0 saturated heterocycles. The fraction of sp³-hybridized carbons (Fsp3) is 0.425. The summed E-state index contributed by atoms with van der Waals surface area (Å²) >= 11 is 1.82. The van der Waals surface area contributed by atoms with Gasteiger partial charge in [0, 0.05) is 6.04 Å². The zero-order valence-electron chi connectivity index (χ0n) is 29.2. The van der Waals surface area contributed by atoms with Gasteiger partial charge in [-0.15, -0.1) is 0 Å². The van der Waals surface area contributed by atoms with Gasteiger partial charge in [-0.2, -0.15) is 0 Å². The number of allylic oxidation sites excluding steroid dienone is 4. The van der Waals surface area contributed by atoms with E-state index in [4.69, 9.17) is 4.72 Å². The predicted octanol–water partition coefficient (Wildman–Crippen LogP) is 11.8. The third kappa shape index (κ3) is 11.8. The summed E-state index contributed by atoms with van der Waals surface area (Å²) in [6, 6.07) is 23.3. The third-order valence-corrected chi connectivity index (χ3v) is 10.1. The van der Waals surface area contributed by atoms with Crippen molar-refractivity contribution in [1.82, 2.24) is 5.32 Å². The molecule has 0 saturated carbocycles. The van der Waals surface area contributed by atoms with Gasteiger partial charge in [0.15, 0.2) is 0 Å². The molecule has 0 radical (unpaired) electrons. The van der Waals surface area contributed by atoms with Gasteiger partial charge in [0.25, 0.3) is 0 Å². The molecule has 1 aliphatic rings. The van der Waals surface area contributed by atoms with Gasteiger partial charge in [-0.1, -0.05) is 150 Å². The van der Waals surface area contributed by atoms with Crippen molar-refractivity contribution in [2.24, 2.45) is 0 Å². The Hall–Kier alpha value is -2.08. The van der Waals surface area contributed by atoms with Crippen LogP contribution in [0.5, 0.6) is 0 Å². The molecule has 47 heavy (non-hydrogen) atoms. The summed E-state index contributed by atoms with van der Waals surface area (Å²) < 4.78 is 34.1. The van der Waals surface area contributed by atoms with Crippen molar-refractivity contribution in [3.05, 3.63) is 137 Å². The monoisotopic (exact) mass is 763 g/mol. The molecule has 1 aliphatic carbocycles. The molecule has 256 valence electrons. The molecule has 2 atom stereocenters. The number of benzene rings is 3. The molecule has 0 aromatic heterocycles. The molecular weight excluding hydrogens is 709 g/mol. The summed E-state index contributed by atoms with van der Waals surface area (Å²) in [6.07, 6.45) is 12.1. The van der Waals surface area contributed by atoms with Crippen LogP contribution in [0, 0.1) is 7.43 Å². The van der Waals surface area contributed by atoms with Crippen molar-refractivity contribution in [3.63, 3.8) is 0 Å². The molecule has 0 amide bonds. The van der Waals surface area contributed by atoms with Gasteiger partial charge in [0.2, 0.25) is 0 Å². The number of hydrogen-bond donors (Lipinski definition) is 1. The second-order valence-corrected chi connectivity index (χ2v) is 14.6. The Bertz CT molecular complexity index is 1490. The van der Waals surface area contributed by atoms with E-state index in [2.05, 4.69) is 99.0 Å². The number of halogens is 1. The first-order chi connectivity index (χ1) is 22.1. The van der Waals surface area contributed by atoms with E-state index in [9.17, 15) is 8.42 Å². The number of sulfonamides is 1. The van der Waals surface area contributed by atoms with Crippen LogP contribution < -0.4 is 5.32 Å². The molecule has 0 fully saturated rings. The Balaban J connectivity index is 0.00000251. The summed E-state index contributed by atoms with van der Waals surface area (Å²) in [5, 5.41) is 3.75. The fourth-order valence-corrected chi connectivity index (χ4v) is 7.85. The van der Waals surface area contributed by atoms with Crippen LogP contribution in [-0.2, 0) is 27.3 Å². The zero-order valence-corrected chi connectivity index (χ0v) is 32.5. The normalized spacial score (nSPS) is 14.3. The molecule has 4 nitrogen and oxygen atoms in total. The van der Waals surface area contributed by atoms with Gasteiger partial charge < -0.3 is 17.5 Å². The van der Waals surface area contributed by atoms with Crippen molar-refractivity contribution >= 4 is 19.7 Å². The average molecular weight is 763 g/mol. The minimum absolute atomic E-state index is 0. The molecule has 0 bridgehead atoms. The number of nitrogens with one attached hydrogen (secondary N) is 1. The molecular formula is C40H54ClN2O2RuS+. The predicted molar refractivity (Wildman–Crippen MR) is 198 cm³/mol. The van der Waals surface area contributed by atoms with E-state index >= 15 is 0 Å². The van der Waals surface area contributed by atoms with Gasteiger partial charge >= 0.3 is 27.0 Å². The fourth-order valence-electron chi connectivity index (χ4n) is 6.02. The second kappa shape index (κ2) is 20.4. The Labute approximate surface area is 300 Å². The van der Waals surface area contributed by atoms with Gasteiger partial charge in [-0.3, -0.25) is 0 Å². The van der Waals surface area contributed by atoms with Crippen LogP contribution in [0.3, 0.4) is 0 Å². The van der Waals surface area contributed by atoms with Crippen LogP contribution in [0.15, 0.2) is 101 Å². The molecule has 0 aliphatic heterocycles. The van der Waals surface area contributed by atoms with Gasteiger partial charge in [0.1, 0.15) is 10.0 Å². The van der Waals surface area contributed by atoms with E-state index in [1.165, 1.54) is 11.1 Å². The first-order valence-corrected chi connectivity index (χ1v) is 20.2. The SMILES string of the molecule is CC(C)c1cc(C(C)C)c(S(=O)(=O)[N-]C(c2ccccc2)C(NCCCCC2=CC=CCC2)c2ccccc2)c(C(C)C)c1.[CH3-].[Cl][Ru+3]. The van der Waals surface area contributed by atoms with E-state index in [-0.39, 0.29) is 25.3 Å². The van der Waals surface area contributed by atoms with Gasteiger partial charge in [0.05, 0.1) is 4.90 Å². The van der Waals surface area contributed by atoms with Crippen LogP contribution in [0.25, 0.3) is 4.72 Å². The number of hydrogen-bond acceptors (Lipinski definition) is 3. The summed E-state index contributed by atoms with van der Waals surface area (Å²) in [4.78, 5) is 0.384. The van der Waals surface area contributed by atoms with E-state index in [0.29, 0.717) is 10.8 Å². The van der Waals surface area contributed by atoms with Crippen molar-refractivity contribution in [3.8, 4) is 0 Å². The molecule has 4 rings (SSSR count). The molecule has 3 aromatic carbocycles. The maximum atomic E-state index is 14.6.